The van der Waals surface area contributed by atoms with Crippen molar-refractivity contribution in [3.63, 3.8) is 0 Å². The van der Waals surface area contributed by atoms with Gasteiger partial charge in [-0.05, 0) is 38.1 Å². The van der Waals surface area contributed by atoms with Gasteiger partial charge < -0.3 is 9.47 Å². The van der Waals surface area contributed by atoms with E-state index in [-0.39, 0.29) is 0 Å². The summed E-state index contributed by atoms with van der Waals surface area (Å²) >= 11 is 0. The highest BCUT2D eigenvalue weighted by Gasteiger charge is 2.17. The Morgan fingerprint density at radius 2 is 1.91 bits per heavy atom. The fraction of sp³-hybridized carbons (Fsp3) is 0.500. The molecular weight excluding hydrogens is 280 g/mol. The Kier molecular flexibility index (Phi) is 4.58. The average molecular weight is 302 g/mol. The van der Waals surface area contributed by atoms with Gasteiger partial charge in [0.1, 0.15) is 17.8 Å². The fourth-order valence-electron chi connectivity index (χ4n) is 2.87. The third-order valence-corrected chi connectivity index (χ3v) is 4.08. The molecule has 118 valence electrons. The summed E-state index contributed by atoms with van der Waals surface area (Å²) in [6.07, 6.45) is 5.58. The summed E-state index contributed by atoms with van der Waals surface area (Å²) < 4.78 is 12.8. The molecule has 0 aliphatic carbocycles. The van der Waals surface area contributed by atoms with Crippen molar-refractivity contribution in [2.45, 2.75) is 25.8 Å². The number of benzene rings is 1. The third kappa shape index (κ3) is 3.06. The first-order valence-corrected chi connectivity index (χ1v) is 7.65. The van der Waals surface area contributed by atoms with Gasteiger partial charge in [0.25, 0.3) is 0 Å². The molecule has 2 heterocycles. The second-order valence-electron chi connectivity index (χ2n) is 5.49. The molecule has 1 saturated heterocycles. The Morgan fingerprint density at radius 1 is 1.09 bits per heavy atom. The van der Waals surface area contributed by atoms with E-state index in [0.717, 1.165) is 42.6 Å². The molecule has 0 N–H and O–H groups in total. The number of hydrogen-bond acceptors (Lipinski definition) is 5. The van der Waals surface area contributed by atoms with E-state index in [1.54, 1.807) is 20.5 Å². The van der Waals surface area contributed by atoms with E-state index in [2.05, 4.69) is 15.1 Å². The molecule has 0 saturated carbocycles. The lowest BCUT2D eigenvalue weighted by atomic mass is 10.1. The van der Waals surface area contributed by atoms with Crippen LogP contribution in [0.1, 0.15) is 25.1 Å². The fourth-order valence-corrected chi connectivity index (χ4v) is 2.87. The van der Waals surface area contributed by atoms with Gasteiger partial charge in [-0.1, -0.05) is 6.42 Å². The van der Waals surface area contributed by atoms with Crippen LogP contribution in [-0.4, -0.2) is 47.0 Å². The Bertz CT molecular complexity index is 620. The molecule has 0 spiro atoms. The number of piperidine rings is 1. The van der Waals surface area contributed by atoms with Crippen molar-refractivity contribution in [2.24, 2.45) is 0 Å². The van der Waals surface area contributed by atoms with E-state index < -0.39 is 0 Å². The first kappa shape index (κ1) is 14.8. The maximum absolute atomic E-state index is 5.47. The van der Waals surface area contributed by atoms with Crippen molar-refractivity contribution in [1.29, 1.82) is 0 Å². The molecule has 6 nitrogen and oxygen atoms in total. The van der Waals surface area contributed by atoms with Gasteiger partial charge in [-0.25, -0.2) is 0 Å². The van der Waals surface area contributed by atoms with E-state index in [9.17, 15) is 0 Å². The van der Waals surface area contributed by atoms with Crippen LogP contribution in [0, 0.1) is 0 Å². The molecule has 1 aliphatic rings. The largest absolute Gasteiger partial charge is 0.497 e. The molecule has 1 aliphatic heterocycles. The number of ether oxygens (including phenoxy) is 2. The zero-order valence-electron chi connectivity index (χ0n) is 13.2. The summed E-state index contributed by atoms with van der Waals surface area (Å²) in [6.45, 7) is 3.06. The first-order chi connectivity index (χ1) is 10.8. The van der Waals surface area contributed by atoms with E-state index in [1.165, 1.54) is 19.3 Å². The molecule has 1 aromatic heterocycles. The summed E-state index contributed by atoms with van der Waals surface area (Å²) in [4.78, 5) is 2.43. The lowest BCUT2D eigenvalue weighted by molar-refractivity contribution is 0.214. The molecule has 2 aromatic rings. The Morgan fingerprint density at radius 3 is 2.64 bits per heavy atom. The van der Waals surface area contributed by atoms with Gasteiger partial charge in [0.05, 0.1) is 26.5 Å². The minimum atomic E-state index is 0.778. The van der Waals surface area contributed by atoms with Crippen molar-refractivity contribution < 1.29 is 9.47 Å². The van der Waals surface area contributed by atoms with Crippen LogP contribution in [0.25, 0.3) is 5.69 Å². The Hall–Kier alpha value is -2.08. The lowest BCUT2D eigenvalue weighted by Gasteiger charge is -2.26. The molecule has 3 rings (SSSR count). The molecule has 22 heavy (non-hydrogen) atoms. The van der Waals surface area contributed by atoms with E-state index in [4.69, 9.17) is 9.47 Å². The number of nitrogens with zero attached hydrogens (tertiary/aromatic N) is 4. The molecule has 0 bridgehead atoms. The zero-order chi connectivity index (χ0) is 15.4. The number of rotatable bonds is 5. The van der Waals surface area contributed by atoms with Crippen molar-refractivity contribution in [3.8, 4) is 17.2 Å². The molecule has 1 aromatic carbocycles. The maximum Gasteiger partial charge on any atom is 0.151 e. The molecule has 6 heteroatoms. The van der Waals surface area contributed by atoms with Crippen LogP contribution in [0.3, 0.4) is 0 Å². The van der Waals surface area contributed by atoms with E-state index in [0.29, 0.717) is 0 Å². The van der Waals surface area contributed by atoms with Gasteiger partial charge in [-0.15, -0.1) is 10.2 Å². The van der Waals surface area contributed by atoms with Gasteiger partial charge in [0.2, 0.25) is 0 Å². The molecule has 0 atom stereocenters. The van der Waals surface area contributed by atoms with Crippen LogP contribution in [0.2, 0.25) is 0 Å². The van der Waals surface area contributed by atoms with Crippen LogP contribution in [0.15, 0.2) is 24.5 Å². The smallest absolute Gasteiger partial charge is 0.151 e. The van der Waals surface area contributed by atoms with Gasteiger partial charge in [0.15, 0.2) is 5.82 Å². The zero-order valence-corrected chi connectivity index (χ0v) is 13.2. The molecular formula is C16H22N4O2. The van der Waals surface area contributed by atoms with E-state index >= 15 is 0 Å². The second-order valence-corrected chi connectivity index (χ2v) is 5.49. The summed E-state index contributed by atoms with van der Waals surface area (Å²) in [5.74, 6) is 2.49. The summed E-state index contributed by atoms with van der Waals surface area (Å²) in [7, 11) is 3.33. The number of methoxy groups -OCH3 is 2. The number of likely N-dealkylation sites (tertiary alicyclic amines) is 1. The summed E-state index contributed by atoms with van der Waals surface area (Å²) in [5.41, 5.74) is 0.902. The van der Waals surface area contributed by atoms with Crippen molar-refractivity contribution in [1.82, 2.24) is 19.7 Å². The maximum atomic E-state index is 5.47. The predicted molar refractivity (Wildman–Crippen MR) is 83.6 cm³/mol. The van der Waals surface area contributed by atoms with Crippen molar-refractivity contribution in [3.05, 3.63) is 30.4 Å². The monoisotopic (exact) mass is 302 g/mol. The SMILES string of the molecule is COc1ccc(OC)c(-n2cnnc2CN2CCCCC2)c1. The topological polar surface area (TPSA) is 52.4 Å². The number of hydrogen-bond donors (Lipinski definition) is 0. The second kappa shape index (κ2) is 6.79. The van der Waals surface area contributed by atoms with Gasteiger partial charge in [-0.3, -0.25) is 9.47 Å². The minimum absolute atomic E-state index is 0.778. The van der Waals surface area contributed by atoms with Crippen LogP contribution in [0.5, 0.6) is 11.5 Å². The Balaban J connectivity index is 1.90. The van der Waals surface area contributed by atoms with Crippen molar-refractivity contribution in [2.75, 3.05) is 27.3 Å². The van der Waals surface area contributed by atoms with Gasteiger partial charge >= 0.3 is 0 Å². The highest BCUT2D eigenvalue weighted by molar-refractivity contribution is 5.51. The third-order valence-electron chi connectivity index (χ3n) is 4.08. The van der Waals surface area contributed by atoms with E-state index in [1.807, 2.05) is 22.8 Å². The number of aromatic nitrogens is 3. The minimum Gasteiger partial charge on any atom is -0.497 e. The summed E-state index contributed by atoms with van der Waals surface area (Å²) in [6, 6.07) is 5.73. The quantitative estimate of drug-likeness (QED) is 0.848. The predicted octanol–water partition coefficient (Wildman–Crippen LogP) is 2.27. The molecule has 0 radical (unpaired) electrons. The Labute approximate surface area is 130 Å². The molecule has 0 amide bonds. The normalized spacial score (nSPS) is 15.7. The standard InChI is InChI=1S/C16H22N4O2/c1-21-13-6-7-15(22-2)14(10-13)20-12-17-18-16(20)11-19-8-4-3-5-9-19/h6-7,10,12H,3-5,8-9,11H2,1-2H3. The highest BCUT2D eigenvalue weighted by atomic mass is 16.5. The van der Waals surface area contributed by atoms with Crippen LogP contribution in [-0.2, 0) is 6.54 Å². The van der Waals surface area contributed by atoms with Gasteiger partial charge in [-0.2, -0.15) is 0 Å². The van der Waals surface area contributed by atoms with Crippen LogP contribution >= 0.6 is 0 Å². The molecule has 1 fully saturated rings. The van der Waals surface area contributed by atoms with Gasteiger partial charge in [0, 0.05) is 6.07 Å². The average Bonchev–Trinajstić information content (AvgIpc) is 3.03. The van der Waals surface area contributed by atoms with Crippen LogP contribution < -0.4 is 9.47 Å². The highest BCUT2D eigenvalue weighted by Crippen LogP contribution is 2.28. The van der Waals surface area contributed by atoms with Crippen molar-refractivity contribution >= 4 is 0 Å². The first-order valence-electron chi connectivity index (χ1n) is 7.65. The van der Waals surface area contributed by atoms with Crippen LogP contribution in [0.4, 0.5) is 0 Å². The summed E-state index contributed by atoms with van der Waals surface area (Å²) in [5, 5.41) is 8.38. The lowest BCUT2D eigenvalue weighted by Crippen LogP contribution is -2.30. The molecule has 0 unspecified atom stereocenters.